The van der Waals surface area contributed by atoms with Crippen LogP contribution in [0.1, 0.15) is 12.0 Å². The van der Waals surface area contributed by atoms with Gasteiger partial charge in [0.25, 0.3) is 0 Å². The zero-order valence-electron chi connectivity index (χ0n) is 7.53. The van der Waals surface area contributed by atoms with Crippen molar-refractivity contribution in [2.75, 3.05) is 5.32 Å². The van der Waals surface area contributed by atoms with E-state index in [4.69, 9.17) is 10.0 Å². The summed E-state index contributed by atoms with van der Waals surface area (Å²) in [6, 6.07) is 5.00. The molecule has 1 heterocycles. The molecule has 4 nitrogen and oxygen atoms in total. The van der Waals surface area contributed by atoms with E-state index >= 15 is 0 Å². The van der Waals surface area contributed by atoms with Crippen molar-refractivity contribution in [3.8, 4) is 0 Å². The maximum Gasteiger partial charge on any atom is 0.488 e. The summed E-state index contributed by atoms with van der Waals surface area (Å²) in [7, 11) is -1.45. The van der Waals surface area contributed by atoms with Gasteiger partial charge in [0.2, 0.25) is 5.91 Å². The lowest BCUT2D eigenvalue weighted by molar-refractivity contribution is -0.116. The first-order valence-electron chi connectivity index (χ1n) is 4.45. The Kier molecular flexibility index (Phi) is 2.27. The number of amides is 1. The molecule has 0 radical (unpaired) electrons. The van der Waals surface area contributed by atoms with E-state index in [1.54, 1.807) is 18.2 Å². The van der Waals surface area contributed by atoms with Crippen LogP contribution in [-0.2, 0) is 11.2 Å². The Labute approximate surface area is 81.7 Å². The fraction of sp³-hybridized carbons (Fsp3) is 0.222. The molecule has 0 unspecified atom stereocenters. The highest BCUT2D eigenvalue weighted by Crippen LogP contribution is 2.20. The number of carbonyl (C=O) groups excluding carboxylic acids is 1. The minimum atomic E-state index is -1.45. The average molecular weight is 191 g/mol. The summed E-state index contributed by atoms with van der Waals surface area (Å²) in [6.45, 7) is 0. The van der Waals surface area contributed by atoms with Crippen LogP contribution in [0.5, 0.6) is 0 Å². The lowest BCUT2D eigenvalue weighted by Crippen LogP contribution is -2.31. The van der Waals surface area contributed by atoms with Gasteiger partial charge in [-0.3, -0.25) is 4.79 Å². The second-order valence-corrected chi connectivity index (χ2v) is 3.34. The van der Waals surface area contributed by atoms with Crippen molar-refractivity contribution < 1.29 is 14.8 Å². The molecule has 0 atom stereocenters. The molecule has 1 aromatic carbocycles. The monoisotopic (exact) mass is 191 g/mol. The summed E-state index contributed by atoms with van der Waals surface area (Å²) in [6.07, 6.45) is 1.11. The number of fused-ring (bicyclic) bond motifs is 1. The SMILES string of the molecule is O=C1CCc2cc(B(O)O)ccc2N1. The minimum Gasteiger partial charge on any atom is -0.423 e. The highest BCUT2D eigenvalue weighted by Gasteiger charge is 2.17. The molecule has 1 aliphatic rings. The number of rotatable bonds is 1. The van der Waals surface area contributed by atoms with Crippen LogP contribution >= 0.6 is 0 Å². The number of hydrogen-bond donors (Lipinski definition) is 3. The third kappa shape index (κ3) is 1.64. The number of aryl methyl sites for hydroxylation is 1. The van der Waals surface area contributed by atoms with E-state index in [1.807, 2.05) is 0 Å². The second kappa shape index (κ2) is 3.44. The number of carbonyl (C=O) groups is 1. The second-order valence-electron chi connectivity index (χ2n) is 3.34. The fourth-order valence-corrected chi connectivity index (χ4v) is 1.56. The van der Waals surface area contributed by atoms with Crippen molar-refractivity contribution >= 4 is 24.2 Å². The van der Waals surface area contributed by atoms with Gasteiger partial charge in [0.1, 0.15) is 0 Å². The van der Waals surface area contributed by atoms with Gasteiger partial charge in [-0.15, -0.1) is 0 Å². The average Bonchev–Trinajstić information content (AvgIpc) is 2.16. The Morgan fingerprint density at radius 1 is 1.29 bits per heavy atom. The molecule has 5 heteroatoms. The largest absolute Gasteiger partial charge is 0.488 e. The van der Waals surface area contributed by atoms with E-state index < -0.39 is 7.12 Å². The van der Waals surface area contributed by atoms with Gasteiger partial charge in [-0.05, 0) is 23.5 Å². The van der Waals surface area contributed by atoms with Crippen molar-refractivity contribution in [3.63, 3.8) is 0 Å². The standard InChI is InChI=1S/C9H10BNO3/c12-9-4-1-6-5-7(10(13)14)2-3-8(6)11-9/h2-3,5,13-14H,1,4H2,(H,11,12). The molecule has 0 saturated carbocycles. The highest BCUT2D eigenvalue weighted by molar-refractivity contribution is 6.58. The molecule has 1 aliphatic heterocycles. The Morgan fingerprint density at radius 3 is 2.79 bits per heavy atom. The maximum atomic E-state index is 11.0. The molecular weight excluding hydrogens is 181 g/mol. The van der Waals surface area contributed by atoms with Gasteiger partial charge in [0, 0.05) is 12.1 Å². The van der Waals surface area contributed by atoms with E-state index in [1.165, 1.54) is 0 Å². The minimum absolute atomic E-state index is 0.00907. The molecule has 0 bridgehead atoms. The summed E-state index contributed by atoms with van der Waals surface area (Å²) in [5, 5.41) is 20.6. The van der Waals surface area contributed by atoms with Crippen LogP contribution in [0.25, 0.3) is 0 Å². The molecule has 0 fully saturated rings. The third-order valence-electron chi connectivity index (χ3n) is 2.32. The molecule has 72 valence electrons. The zero-order valence-corrected chi connectivity index (χ0v) is 7.53. The molecule has 0 saturated heterocycles. The smallest absolute Gasteiger partial charge is 0.423 e. The quantitative estimate of drug-likeness (QED) is 0.511. The molecule has 1 amide bonds. The lowest BCUT2D eigenvalue weighted by Gasteiger charge is -2.17. The van der Waals surface area contributed by atoms with Crippen LogP contribution in [0.15, 0.2) is 18.2 Å². The van der Waals surface area contributed by atoms with Crippen LogP contribution in [0, 0.1) is 0 Å². The van der Waals surface area contributed by atoms with Crippen LogP contribution in [0.4, 0.5) is 5.69 Å². The van der Waals surface area contributed by atoms with Crippen molar-refractivity contribution in [2.24, 2.45) is 0 Å². The molecule has 3 N–H and O–H groups in total. The van der Waals surface area contributed by atoms with E-state index in [2.05, 4.69) is 5.32 Å². The number of hydrogen-bond acceptors (Lipinski definition) is 3. The summed E-state index contributed by atoms with van der Waals surface area (Å²) in [5.74, 6) is 0.00907. The van der Waals surface area contributed by atoms with Gasteiger partial charge < -0.3 is 15.4 Å². The topological polar surface area (TPSA) is 69.6 Å². The molecule has 1 aromatic rings. The predicted molar refractivity (Wildman–Crippen MR) is 53.2 cm³/mol. The Morgan fingerprint density at radius 2 is 2.07 bits per heavy atom. The zero-order chi connectivity index (χ0) is 10.1. The molecular formula is C9H10BNO3. The van der Waals surface area contributed by atoms with Crippen LogP contribution in [-0.4, -0.2) is 23.1 Å². The number of nitrogens with one attached hydrogen (secondary N) is 1. The van der Waals surface area contributed by atoms with Crippen molar-refractivity contribution in [1.29, 1.82) is 0 Å². The summed E-state index contributed by atoms with van der Waals surface area (Å²) >= 11 is 0. The first-order chi connectivity index (χ1) is 6.66. The van der Waals surface area contributed by atoms with Crippen molar-refractivity contribution in [3.05, 3.63) is 23.8 Å². The van der Waals surface area contributed by atoms with Crippen LogP contribution < -0.4 is 10.8 Å². The van der Waals surface area contributed by atoms with Crippen molar-refractivity contribution in [2.45, 2.75) is 12.8 Å². The van der Waals surface area contributed by atoms with E-state index in [0.29, 0.717) is 18.3 Å². The van der Waals surface area contributed by atoms with Gasteiger partial charge in [0.15, 0.2) is 0 Å². The Hall–Kier alpha value is -1.33. The molecule has 0 aliphatic carbocycles. The molecule has 0 aromatic heterocycles. The Balaban J connectivity index is 2.36. The molecule has 2 rings (SSSR count). The first-order valence-corrected chi connectivity index (χ1v) is 4.45. The third-order valence-corrected chi connectivity index (χ3v) is 2.32. The summed E-state index contributed by atoms with van der Waals surface area (Å²) in [4.78, 5) is 11.0. The van der Waals surface area contributed by atoms with Crippen molar-refractivity contribution in [1.82, 2.24) is 0 Å². The van der Waals surface area contributed by atoms with Gasteiger partial charge in [-0.1, -0.05) is 12.1 Å². The van der Waals surface area contributed by atoms with Gasteiger partial charge >= 0.3 is 7.12 Å². The maximum absolute atomic E-state index is 11.0. The molecule has 0 spiro atoms. The van der Waals surface area contributed by atoms with E-state index in [-0.39, 0.29) is 5.91 Å². The predicted octanol–water partition coefficient (Wildman–Crippen LogP) is -0.749. The first kappa shape index (κ1) is 9.24. The normalized spacial score (nSPS) is 14.6. The lowest BCUT2D eigenvalue weighted by atomic mass is 9.78. The van der Waals surface area contributed by atoms with Gasteiger partial charge in [-0.25, -0.2) is 0 Å². The highest BCUT2D eigenvalue weighted by atomic mass is 16.4. The summed E-state index contributed by atoms with van der Waals surface area (Å²) in [5.41, 5.74) is 2.18. The van der Waals surface area contributed by atoms with Crippen LogP contribution in [0.2, 0.25) is 0 Å². The Bertz CT molecular complexity index is 378. The number of anilines is 1. The van der Waals surface area contributed by atoms with E-state index in [0.717, 1.165) is 11.3 Å². The fourth-order valence-electron chi connectivity index (χ4n) is 1.56. The van der Waals surface area contributed by atoms with E-state index in [9.17, 15) is 4.79 Å². The number of benzene rings is 1. The van der Waals surface area contributed by atoms with Crippen LogP contribution in [0.3, 0.4) is 0 Å². The summed E-state index contributed by atoms with van der Waals surface area (Å²) < 4.78 is 0. The molecule has 14 heavy (non-hydrogen) atoms. The van der Waals surface area contributed by atoms with Gasteiger partial charge in [0.05, 0.1) is 0 Å². The van der Waals surface area contributed by atoms with Gasteiger partial charge in [-0.2, -0.15) is 0 Å².